The van der Waals surface area contributed by atoms with Gasteiger partial charge in [0.05, 0.1) is 6.61 Å². The van der Waals surface area contributed by atoms with Gasteiger partial charge in [-0.1, -0.05) is 347 Å². The van der Waals surface area contributed by atoms with E-state index in [0.717, 1.165) is 186 Å². The summed E-state index contributed by atoms with van der Waals surface area (Å²) < 4.78 is 10.7. The zero-order chi connectivity index (χ0) is 67.5. The summed E-state index contributed by atoms with van der Waals surface area (Å²) in [5.41, 5.74) is 0. The number of rotatable bonds is 66. The fraction of sp³-hybridized carbons (Fsp3) is 0.528. The third-order valence-electron chi connectivity index (χ3n) is 15.1. The number of hydrogen-bond acceptors (Lipinski definition) is 5. The van der Waals surface area contributed by atoms with Crippen LogP contribution in [0.1, 0.15) is 284 Å². The summed E-state index contributed by atoms with van der Waals surface area (Å²) in [6, 6.07) is 0. The van der Waals surface area contributed by atoms with Crippen molar-refractivity contribution in [2.45, 2.75) is 290 Å². The van der Waals surface area contributed by atoms with Gasteiger partial charge < -0.3 is 14.6 Å². The number of carbonyl (C=O) groups is 2. The molecule has 1 N–H and O–H groups in total. The van der Waals surface area contributed by atoms with Crippen LogP contribution in [0.4, 0.5) is 0 Å². The molecule has 5 heteroatoms. The second-order valence-corrected chi connectivity index (χ2v) is 23.9. The molecule has 94 heavy (non-hydrogen) atoms. The second-order valence-electron chi connectivity index (χ2n) is 23.9. The number of ether oxygens (including phenoxy) is 2. The molecular formula is C89H136O5. The van der Waals surface area contributed by atoms with Crippen molar-refractivity contribution < 1.29 is 24.2 Å². The first kappa shape index (κ1) is 87.7. The van der Waals surface area contributed by atoms with Gasteiger partial charge in [-0.3, -0.25) is 9.59 Å². The Morgan fingerprint density at radius 2 is 0.426 bits per heavy atom. The lowest BCUT2D eigenvalue weighted by atomic mass is 10.0. The Labute approximate surface area is 578 Å². The largest absolute Gasteiger partial charge is 0.462 e. The fourth-order valence-corrected chi connectivity index (χ4v) is 9.61. The molecule has 0 amide bonds. The SMILES string of the molecule is CC/C=C\C/C=C\C/C=C\C/C=C\C/C=C\C/C=C\C/C=C\C/C=C\C/C=C\C/C=C\C/C=C\CCCCCCCC(=O)OC(CO)COC(=O)CCCCCCCCCCCCCCC/C=C\C/C=C\C/C=C\C/C=C\C/C=C\C/C=C\C/C=C\C/C=C\C/C=C\CC. The summed E-state index contributed by atoms with van der Waals surface area (Å²) in [5.74, 6) is -0.627. The van der Waals surface area contributed by atoms with E-state index in [2.05, 4.69) is 257 Å². The molecule has 0 aromatic heterocycles. The highest BCUT2D eigenvalue weighted by Crippen LogP contribution is 2.15. The molecule has 0 fully saturated rings. The van der Waals surface area contributed by atoms with E-state index in [4.69, 9.17) is 9.47 Å². The summed E-state index contributed by atoms with van der Waals surface area (Å²) in [6.45, 7) is 3.89. The Balaban J connectivity index is 3.62. The molecule has 522 valence electrons. The van der Waals surface area contributed by atoms with Crippen LogP contribution in [0, 0.1) is 0 Å². The molecule has 0 aromatic carbocycles. The van der Waals surface area contributed by atoms with Gasteiger partial charge in [0, 0.05) is 12.8 Å². The lowest BCUT2D eigenvalue weighted by Gasteiger charge is -2.15. The zero-order valence-corrected chi connectivity index (χ0v) is 59.9. The van der Waals surface area contributed by atoms with Crippen molar-refractivity contribution in [2.75, 3.05) is 13.2 Å². The molecule has 0 aliphatic carbocycles. The van der Waals surface area contributed by atoms with Gasteiger partial charge in [0.2, 0.25) is 0 Å². The molecule has 5 nitrogen and oxygen atoms in total. The minimum absolute atomic E-state index is 0.0887. The molecule has 1 atom stereocenters. The first-order chi connectivity index (χ1) is 46.6. The highest BCUT2D eigenvalue weighted by molar-refractivity contribution is 5.70. The van der Waals surface area contributed by atoms with Crippen molar-refractivity contribution in [3.05, 3.63) is 243 Å². The summed E-state index contributed by atoms with van der Waals surface area (Å²) in [5, 5.41) is 9.72. The monoisotopic (exact) mass is 1290 g/mol. The molecule has 0 spiro atoms. The minimum Gasteiger partial charge on any atom is -0.462 e. The van der Waals surface area contributed by atoms with E-state index in [1.165, 1.54) is 70.6 Å². The summed E-state index contributed by atoms with van der Waals surface area (Å²) in [6.07, 6.45) is 133. The molecule has 0 heterocycles. The average molecular weight is 1290 g/mol. The van der Waals surface area contributed by atoms with E-state index in [-0.39, 0.29) is 25.2 Å². The van der Waals surface area contributed by atoms with Gasteiger partial charge in [-0.05, 0) is 167 Å². The predicted octanol–water partition coefficient (Wildman–Crippen LogP) is 27.0. The first-order valence-electron chi connectivity index (χ1n) is 37.6. The number of unbranched alkanes of at least 4 members (excludes halogenated alkanes) is 18. The van der Waals surface area contributed by atoms with Gasteiger partial charge in [-0.15, -0.1) is 0 Å². The number of esters is 2. The smallest absolute Gasteiger partial charge is 0.306 e. The van der Waals surface area contributed by atoms with Crippen LogP contribution >= 0.6 is 0 Å². The average Bonchev–Trinajstić information content (AvgIpc) is 3.65. The molecule has 0 bridgehead atoms. The standard InChI is InChI=1S/C89H136O5/c1-3-5-7-9-11-13-15-17-19-21-23-25-27-29-31-33-35-37-39-41-43-44-46-47-49-51-53-55-57-59-61-63-65-67-69-71-73-75-77-79-81-83-88(91)93-86-87(85-90)94-89(92)84-82-80-78-76-74-72-70-68-66-64-62-60-58-56-54-52-50-48-45-42-40-38-36-34-32-30-28-26-24-22-20-18-16-14-12-10-8-6-4-2/h5-8,11-14,17-20,23-26,29-32,35-38,41-43,45-47,50-53,56,58,62,64,68,70,87,90H,3-4,9-10,15-16,21-22,27-28,33-34,39-40,44,48-49,54-55,57,59-61,63,65-67,69,71-86H2,1-2H3/b7-5-,8-6-,13-11-,14-12-,19-17-,20-18-,25-23-,26-24-,31-29-,32-30-,37-35-,38-36-,43-41-,45-42-,47-46-,52-50-,53-51-,58-56-,64-62-,70-68-. The van der Waals surface area contributed by atoms with E-state index in [9.17, 15) is 14.7 Å². The second kappa shape index (κ2) is 80.9. The van der Waals surface area contributed by atoms with Crippen molar-refractivity contribution >= 4 is 11.9 Å². The van der Waals surface area contributed by atoms with Crippen LogP contribution in [0.3, 0.4) is 0 Å². The van der Waals surface area contributed by atoms with Crippen LogP contribution in [0.2, 0.25) is 0 Å². The highest BCUT2D eigenvalue weighted by atomic mass is 16.6. The minimum atomic E-state index is -0.803. The lowest BCUT2D eigenvalue weighted by Crippen LogP contribution is -2.28. The van der Waals surface area contributed by atoms with Gasteiger partial charge >= 0.3 is 11.9 Å². The normalized spacial score (nSPS) is 13.7. The van der Waals surface area contributed by atoms with Crippen LogP contribution in [-0.4, -0.2) is 36.4 Å². The maximum absolute atomic E-state index is 12.4. The maximum atomic E-state index is 12.4. The van der Waals surface area contributed by atoms with E-state index in [1.807, 2.05) is 0 Å². The lowest BCUT2D eigenvalue weighted by molar-refractivity contribution is -0.161. The number of aliphatic hydroxyl groups excluding tert-OH is 1. The van der Waals surface area contributed by atoms with Gasteiger partial charge in [-0.25, -0.2) is 0 Å². The molecule has 1 unspecified atom stereocenters. The highest BCUT2D eigenvalue weighted by Gasteiger charge is 2.16. The molecular weight excluding hydrogens is 1150 g/mol. The molecule has 0 rings (SSSR count). The van der Waals surface area contributed by atoms with E-state index in [0.29, 0.717) is 12.8 Å². The van der Waals surface area contributed by atoms with Crippen LogP contribution in [0.25, 0.3) is 0 Å². The molecule has 0 aliphatic rings. The van der Waals surface area contributed by atoms with E-state index >= 15 is 0 Å². The Bertz CT molecular complexity index is 2300. The zero-order valence-electron chi connectivity index (χ0n) is 59.9. The Morgan fingerprint density at radius 3 is 0.638 bits per heavy atom. The fourth-order valence-electron chi connectivity index (χ4n) is 9.61. The number of aliphatic hydroxyl groups is 1. The van der Waals surface area contributed by atoms with Crippen molar-refractivity contribution in [3.8, 4) is 0 Å². The van der Waals surface area contributed by atoms with Crippen molar-refractivity contribution in [3.63, 3.8) is 0 Å². The van der Waals surface area contributed by atoms with Crippen LogP contribution in [0.5, 0.6) is 0 Å². The van der Waals surface area contributed by atoms with Gasteiger partial charge in [-0.2, -0.15) is 0 Å². The predicted molar refractivity (Wildman–Crippen MR) is 416 cm³/mol. The number of hydrogen-bond donors (Lipinski definition) is 1. The van der Waals surface area contributed by atoms with Gasteiger partial charge in [0.25, 0.3) is 0 Å². The molecule has 0 saturated heterocycles. The Morgan fingerprint density at radius 1 is 0.245 bits per heavy atom. The van der Waals surface area contributed by atoms with Crippen LogP contribution in [-0.2, 0) is 19.1 Å². The Kier molecular flexibility index (Phi) is 75.5. The molecule has 0 radical (unpaired) electrons. The maximum Gasteiger partial charge on any atom is 0.306 e. The Hall–Kier alpha value is -6.30. The molecule has 0 saturated carbocycles. The van der Waals surface area contributed by atoms with Crippen molar-refractivity contribution in [1.29, 1.82) is 0 Å². The summed E-state index contributed by atoms with van der Waals surface area (Å²) in [7, 11) is 0. The topological polar surface area (TPSA) is 72.8 Å². The summed E-state index contributed by atoms with van der Waals surface area (Å²) >= 11 is 0. The first-order valence-corrected chi connectivity index (χ1v) is 37.6. The summed E-state index contributed by atoms with van der Waals surface area (Å²) in [4.78, 5) is 24.7. The van der Waals surface area contributed by atoms with Crippen molar-refractivity contribution in [2.24, 2.45) is 0 Å². The van der Waals surface area contributed by atoms with Crippen LogP contribution in [0.15, 0.2) is 243 Å². The van der Waals surface area contributed by atoms with Gasteiger partial charge in [0.15, 0.2) is 6.10 Å². The third kappa shape index (κ3) is 78.1. The number of allylic oxidation sites excluding steroid dienone is 40. The molecule has 0 aliphatic heterocycles. The quantitative estimate of drug-likeness (QED) is 0.0373. The van der Waals surface area contributed by atoms with E-state index < -0.39 is 6.10 Å². The van der Waals surface area contributed by atoms with E-state index in [1.54, 1.807) is 0 Å². The van der Waals surface area contributed by atoms with Gasteiger partial charge in [0.1, 0.15) is 6.61 Å². The third-order valence-corrected chi connectivity index (χ3v) is 15.1. The number of carbonyl (C=O) groups excluding carboxylic acids is 2. The molecule has 0 aromatic rings. The van der Waals surface area contributed by atoms with Crippen LogP contribution < -0.4 is 0 Å². The van der Waals surface area contributed by atoms with Crippen molar-refractivity contribution in [1.82, 2.24) is 0 Å².